The fraction of sp³-hybridized carbons (Fsp3) is 0.300. The third-order valence-corrected chi connectivity index (χ3v) is 3.06. The zero-order valence-corrected chi connectivity index (χ0v) is 11.1. The van der Waals surface area contributed by atoms with Crippen LogP contribution in [0.25, 0.3) is 0 Å². The van der Waals surface area contributed by atoms with Gasteiger partial charge < -0.3 is 4.74 Å². The Morgan fingerprint density at radius 1 is 1.50 bits per heavy atom. The van der Waals surface area contributed by atoms with E-state index in [1.165, 1.54) is 7.11 Å². The Labute approximate surface area is 99.9 Å². The predicted molar refractivity (Wildman–Crippen MR) is 62.8 cm³/mol. The van der Waals surface area contributed by atoms with E-state index in [4.69, 9.17) is 0 Å². The Morgan fingerprint density at radius 3 is 2.64 bits per heavy atom. The number of alkyl halides is 1. The van der Waals surface area contributed by atoms with Crippen molar-refractivity contribution in [2.24, 2.45) is 0 Å². The molecule has 0 spiro atoms. The van der Waals surface area contributed by atoms with E-state index < -0.39 is 0 Å². The van der Waals surface area contributed by atoms with Crippen molar-refractivity contribution in [1.82, 2.24) is 0 Å². The molecule has 1 aromatic carbocycles. The molecule has 0 saturated heterocycles. The normalized spacial score (nSPS) is 12.3. The summed E-state index contributed by atoms with van der Waals surface area (Å²) in [4.78, 5) is 11.4. The molecule has 4 heteroatoms. The average molecular weight is 322 g/mol. The second-order valence-electron chi connectivity index (χ2n) is 2.84. The van der Waals surface area contributed by atoms with Crippen LogP contribution in [0, 0.1) is 0 Å². The summed E-state index contributed by atoms with van der Waals surface area (Å²) in [6.45, 7) is 2.00. The SMILES string of the molecule is COC(=O)c1ccc(Br)c(C(C)Br)c1. The number of hydrogen-bond acceptors (Lipinski definition) is 2. The summed E-state index contributed by atoms with van der Waals surface area (Å²) < 4.78 is 5.62. The van der Waals surface area contributed by atoms with Gasteiger partial charge in [0.15, 0.2) is 0 Å². The molecule has 0 aliphatic heterocycles. The third-order valence-electron chi connectivity index (χ3n) is 1.85. The van der Waals surface area contributed by atoms with Gasteiger partial charge in [-0.15, -0.1) is 0 Å². The largest absolute Gasteiger partial charge is 0.465 e. The summed E-state index contributed by atoms with van der Waals surface area (Å²) in [5.41, 5.74) is 1.60. The lowest BCUT2D eigenvalue weighted by Crippen LogP contribution is -2.02. The molecule has 0 N–H and O–H groups in total. The molecular weight excluding hydrogens is 312 g/mol. The maximum atomic E-state index is 11.2. The van der Waals surface area contributed by atoms with Gasteiger partial charge in [0, 0.05) is 9.30 Å². The minimum atomic E-state index is -0.313. The molecule has 0 aliphatic carbocycles. The molecule has 0 bridgehead atoms. The average Bonchev–Trinajstić information content (AvgIpc) is 2.17. The van der Waals surface area contributed by atoms with Crippen molar-refractivity contribution in [3.63, 3.8) is 0 Å². The molecule has 1 atom stereocenters. The van der Waals surface area contributed by atoms with E-state index in [1.54, 1.807) is 6.07 Å². The summed E-state index contributed by atoms with van der Waals surface area (Å²) >= 11 is 6.88. The van der Waals surface area contributed by atoms with Crippen LogP contribution >= 0.6 is 31.9 Å². The fourth-order valence-electron chi connectivity index (χ4n) is 1.09. The minimum Gasteiger partial charge on any atom is -0.465 e. The maximum Gasteiger partial charge on any atom is 0.337 e. The monoisotopic (exact) mass is 320 g/mol. The number of ether oxygens (including phenoxy) is 1. The third kappa shape index (κ3) is 2.58. The molecule has 14 heavy (non-hydrogen) atoms. The molecule has 0 aliphatic rings. The highest BCUT2D eigenvalue weighted by Gasteiger charge is 2.11. The molecule has 0 aromatic heterocycles. The molecule has 76 valence electrons. The van der Waals surface area contributed by atoms with Gasteiger partial charge in [0.2, 0.25) is 0 Å². The van der Waals surface area contributed by atoms with Crippen molar-refractivity contribution < 1.29 is 9.53 Å². The van der Waals surface area contributed by atoms with Crippen LogP contribution in [0.3, 0.4) is 0 Å². The smallest absolute Gasteiger partial charge is 0.337 e. The second kappa shape index (κ2) is 4.94. The van der Waals surface area contributed by atoms with Crippen LogP contribution in [0.5, 0.6) is 0 Å². The number of esters is 1. The Balaban J connectivity index is 3.13. The molecule has 1 unspecified atom stereocenters. The van der Waals surface area contributed by atoms with Crippen LogP contribution in [0.4, 0.5) is 0 Å². The van der Waals surface area contributed by atoms with Crippen molar-refractivity contribution in [1.29, 1.82) is 0 Å². The van der Waals surface area contributed by atoms with Crippen LogP contribution in [0.1, 0.15) is 27.7 Å². The Morgan fingerprint density at radius 2 is 2.14 bits per heavy atom. The maximum absolute atomic E-state index is 11.2. The van der Waals surface area contributed by atoms with E-state index >= 15 is 0 Å². The van der Waals surface area contributed by atoms with Crippen LogP contribution in [0.2, 0.25) is 0 Å². The van der Waals surface area contributed by atoms with Crippen molar-refractivity contribution in [3.05, 3.63) is 33.8 Å². The molecular formula is C10H10Br2O2. The minimum absolute atomic E-state index is 0.196. The quantitative estimate of drug-likeness (QED) is 0.613. The number of benzene rings is 1. The van der Waals surface area contributed by atoms with Gasteiger partial charge >= 0.3 is 5.97 Å². The van der Waals surface area contributed by atoms with Crippen molar-refractivity contribution in [2.75, 3.05) is 7.11 Å². The van der Waals surface area contributed by atoms with Crippen molar-refractivity contribution >= 4 is 37.8 Å². The second-order valence-corrected chi connectivity index (χ2v) is 5.07. The Bertz CT molecular complexity index is 348. The fourth-order valence-corrected chi connectivity index (χ4v) is 2.37. The van der Waals surface area contributed by atoms with E-state index in [2.05, 4.69) is 36.6 Å². The molecule has 0 saturated carbocycles. The van der Waals surface area contributed by atoms with Gasteiger partial charge in [-0.2, -0.15) is 0 Å². The zero-order valence-electron chi connectivity index (χ0n) is 7.88. The predicted octanol–water partition coefficient (Wildman–Crippen LogP) is 3.69. The van der Waals surface area contributed by atoms with Crippen LogP contribution in [-0.2, 0) is 4.74 Å². The topological polar surface area (TPSA) is 26.3 Å². The first kappa shape index (κ1) is 11.7. The first-order valence-electron chi connectivity index (χ1n) is 4.08. The van der Waals surface area contributed by atoms with Gasteiger partial charge in [-0.25, -0.2) is 4.79 Å². The highest BCUT2D eigenvalue weighted by atomic mass is 79.9. The van der Waals surface area contributed by atoms with E-state index in [0.29, 0.717) is 5.56 Å². The number of hydrogen-bond donors (Lipinski definition) is 0. The van der Waals surface area contributed by atoms with Gasteiger partial charge in [-0.1, -0.05) is 31.9 Å². The highest BCUT2D eigenvalue weighted by Crippen LogP contribution is 2.29. The lowest BCUT2D eigenvalue weighted by Gasteiger charge is -2.08. The molecule has 0 fully saturated rings. The highest BCUT2D eigenvalue weighted by molar-refractivity contribution is 9.11. The summed E-state index contributed by atoms with van der Waals surface area (Å²) in [6.07, 6.45) is 0. The van der Waals surface area contributed by atoms with Crippen LogP contribution in [0.15, 0.2) is 22.7 Å². The molecule has 2 nitrogen and oxygen atoms in total. The van der Waals surface area contributed by atoms with E-state index in [1.807, 2.05) is 19.1 Å². The first-order valence-corrected chi connectivity index (χ1v) is 5.79. The number of halogens is 2. The van der Waals surface area contributed by atoms with Gasteiger partial charge in [0.1, 0.15) is 0 Å². The van der Waals surface area contributed by atoms with Gasteiger partial charge in [0.05, 0.1) is 12.7 Å². The van der Waals surface area contributed by atoms with E-state index in [9.17, 15) is 4.79 Å². The Hall–Kier alpha value is -0.350. The number of carbonyl (C=O) groups excluding carboxylic acids is 1. The molecule has 0 radical (unpaired) electrons. The summed E-state index contributed by atoms with van der Waals surface area (Å²) in [6, 6.07) is 5.39. The van der Waals surface area contributed by atoms with Gasteiger partial charge in [-0.3, -0.25) is 0 Å². The van der Waals surface area contributed by atoms with Gasteiger partial charge in [0.25, 0.3) is 0 Å². The standard InChI is InChI=1S/C10H10Br2O2/c1-6(11)8-5-7(10(13)14-2)3-4-9(8)12/h3-6H,1-2H3. The molecule has 1 aromatic rings. The number of rotatable bonds is 2. The molecule has 1 rings (SSSR count). The Kier molecular flexibility index (Phi) is 4.13. The van der Waals surface area contributed by atoms with E-state index in [-0.39, 0.29) is 10.8 Å². The van der Waals surface area contributed by atoms with Crippen molar-refractivity contribution in [2.45, 2.75) is 11.8 Å². The number of methoxy groups -OCH3 is 1. The van der Waals surface area contributed by atoms with Crippen LogP contribution in [-0.4, -0.2) is 13.1 Å². The first-order chi connectivity index (χ1) is 6.56. The summed E-state index contributed by atoms with van der Waals surface area (Å²) in [5, 5.41) is 0. The van der Waals surface area contributed by atoms with Crippen molar-refractivity contribution in [3.8, 4) is 0 Å². The summed E-state index contributed by atoms with van der Waals surface area (Å²) in [5.74, 6) is -0.313. The van der Waals surface area contributed by atoms with Gasteiger partial charge in [-0.05, 0) is 30.7 Å². The lowest BCUT2D eigenvalue weighted by molar-refractivity contribution is 0.0600. The molecule has 0 amide bonds. The van der Waals surface area contributed by atoms with Crippen LogP contribution < -0.4 is 0 Å². The zero-order chi connectivity index (χ0) is 10.7. The molecule has 0 heterocycles. The summed E-state index contributed by atoms with van der Waals surface area (Å²) in [7, 11) is 1.38. The number of carbonyl (C=O) groups is 1. The lowest BCUT2D eigenvalue weighted by atomic mass is 10.1. The van der Waals surface area contributed by atoms with E-state index in [0.717, 1.165) is 10.0 Å².